The normalized spacial score (nSPS) is 16.1. The average molecular weight is 1030 g/mol. The number of nitrogens with zero attached hydrogens (tertiary/aromatic N) is 7. The number of phosphoric ester groups is 1. The number of carbonyl (C=O) groups is 6. The van der Waals surface area contributed by atoms with Crippen molar-refractivity contribution in [1.82, 2.24) is 49.7 Å². The first-order valence-electron chi connectivity index (χ1n) is 24.1. The van der Waals surface area contributed by atoms with E-state index in [9.17, 15) is 48.2 Å². The first-order valence-corrected chi connectivity index (χ1v) is 25.6. The fourth-order valence-electron chi connectivity index (χ4n) is 8.84. The van der Waals surface area contributed by atoms with E-state index in [0.29, 0.717) is 57.5 Å². The van der Waals surface area contributed by atoms with Gasteiger partial charge in [0.1, 0.15) is 42.5 Å². The fraction of sp³-hybridized carbons (Fsp3) is 0.479. The summed E-state index contributed by atoms with van der Waals surface area (Å²) < 4.78 is 21.9. The quantitative estimate of drug-likeness (QED) is 0.0168. The third-order valence-corrected chi connectivity index (χ3v) is 13.1. The number of phosphoric acid groups is 1. The zero-order chi connectivity index (χ0) is 53.0. The summed E-state index contributed by atoms with van der Waals surface area (Å²) in [6, 6.07) is 10.9. The van der Waals surface area contributed by atoms with Crippen LogP contribution in [0.25, 0.3) is 28.1 Å². The van der Waals surface area contributed by atoms with Crippen molar-refractivity contribution in [3.05, 3.63) is 78.5 Å². The molecule has 4 heterocycles. The molecule has 24 nitrogen and oxygen atoms in total. The highest BCUT2D eigenvalue weighted by atomic mass is 31.2. The SMILES string of the molecule is CC(=O)N1CCC[C@H]1C(=O)N[C@@H](CC(C)C)C(=O)N[C@@H](Cc1cncn1CCCCCO/N=C/c1c(-c2ccccc2)nc2n(C)c3ccccc3n12)C(=O)N[C@@H](CO)C(=O)N[C@H](C(N)=O)[C@@H](C)OP(=O)(O)O. The number of unbranched alkanes of at least 4 members (excludes halogenated alkanes) is 2. The number of para-hydroxylation sites is 2. The van der Waals surface area contributed by atoms with E-state index in [2.05, 4.69) is 40.3 Å². The third kappa shape index (κ3) is 14.4. The van der Waals surface area contributed by atoms with Crippen LogP contribution >= 0.6 is 7.82 Å². The van der Waals surface area contributed by atoms with Crippen molar-refractivity contribution in [3.8, 4) is 11.3 Å². The molecule has 0 unspecified atom stereocenters. The van der Waals surface area contributed by atoms with E-state index in [-0.39, 0.29) is 24.7 Å². The highest BCUT2D eigenvalue weighted by Gasteiger charge is 2.37. The van der Waals surface area contributed by atoms with Gasteiger partial charge in [-0.25, -0.2) is 14.5 Å². The molecule has 0 radical (unpaired) electrons. The minimum Gasteiger partial charge on any atom is -0.396 e. The van der Waals surface area contributed by atoms with Crippen molar-refractivity contribution in [2.24, 2.45) is 23.9 Å². The molecule has 0 bridgehead atoms. The van der Waals surface area contributed by atoms with Crippen LogP contribution < -0.4 is 27.0 Å². The number of nitrogens with one attached hydrogen (secondary N) is 4. The van der Waals surface area contributed by atoms with Crippen molar-refractivity contribution in [3.63, 3.8) is 0 Å². The number of aliphatic hydroxyl groups is 1. The number of carbonyl (C=O) groups excluding carboxylic acids is 6. The molecule has 6 atom stereocenters. The van der Waals surface area contributed by atoms with E-state index in [1.54, 1.807) is 17.1 Å². The summed E-state index contributed by atoms with van der Waals surface area (Å²) in [5, 5.41) is 24.6. The molecule has 3 aromatic heterocycles. The van der Waals surface area contributed by atoms with E-state index in [0.717, 1.165) is 40.7 Å². The predicted molar refractivity (Wildman–Crippen MR) is 267 cm³/mol. The first-order chi connectivity index (χ1) is 34.8. The van der Waals surface area contributed by atoms with Crippen molar-refractivity contribution < 1.29 is 57.6 Å². The number of aliphatic hydroxyl groups excluding tert-OH is 1. The zero-order valence-electron chi connectivity index (χ0n) is 41.4. The molecule has 2 aromatic carbocycles. The summed E-state index contributed by atoms with van der Waals surface area (Å²) in [6.07, 6.45) is 6.10. The Hall–Kier alpha value is -6.98. The van der Waals surface area contributed by atoms with Crippen LogP contribution in [0.4, 0.5) is 0 Å². The van der Waals surface area contributed by atoms with E-state index < -0.39 is 80.3 Å². The van der Waals surface area contributed by atoms with Gasteiger partial charge in [0.15, 0.2) is 0 Å². The second-order valence-electron chi connectivity index (χ2n) is 18.4. The standard InChI is InChI=1S/C48H65N12O12P/c1-29(2)23-34(53-47(67)39-19-14-21-59(39)31(4)62)44(64)52-35(45(65)54-36(27-61)46(66)55-41(43(49)63)30(3)72-73(68,69)70)24-33-25-50-28-58(33)20-12-7-13-22-71-51-26-40-42(32-15-8-6-9-16-32)56-48-57(5)37-17-10-11-18-38(37)60(40)48/h6,8-11,15-18,25-26,28-30,34-36,39,41,61H,7,12-14,19-24,27H2,1-5H3,(H2,49,63)(H,52,64)(H,53,67)(H,54,65)(H,55,66)(H2,68,69,70)/b51-26+/t30-,34+,35+,36+,39+,41+/m1/s1. The molecule has 73 heavy (non-hydrogen) atoms. The number of primary amides is 1. The molecule has 0 saturated carbocycles. The maximum absolute atomic E-state index is 14.2. The number of fused-ring (bicyclic) bond motifs is 3. The Bertz CT molecular complexity index is 2820. The minimum absolute atomic E-state index is 0.113. The largest absolute Gasteiger partial charge is 0.469 e. The number of rotatable bonds is 26. The van der Waals surface area contributed by atoms with Gasteiger partial charge in [0.05, 0.1) is 42.0 Å². The lowest BCUT2D eigenvalue weighted by atomic mass is 10.0. The number of amides is 6. The molecule has 0 aliphatic carbocycles. The van der Waals surface area contributed by atoms with Gasteiger partial charge in [0, 0.05) is 50.9 Å². The van der Waals surface area contributed by atoms with Gasteiger partial charge in [-0.1, -0.05) is 61.5 Å². The molecule has 6 amide bonds. The second-order valence-corrected chi connectivity index (χ2v) is 19.6. The van der Waals surface area contributed by atoms with Crippen LogP contribution in [0.2, 0.25) is 0 Å². The third-order valence-electron chi connectivity index (χ3n) is 12.4. The Morgan fingerprint density at radius 2 is 1.58 bits per heavy atom. The number of benzene rings is 2. The van der Waals surface area contributed by atoms with Gasteiger partial charge >= 0.3 is 7.82 Å². The number of oxime groups is 1. The van der Waals surface area contributed by atoms with Gasteiger partial charge in [-0.05, 0) is 63.5 Å². The maximum atomic E-state index is 14.2. The van der Waals surface area contributed by atoms with Crippen molar-refractivity contribution in [2.75, 3.05) is 19.8 Å². The summed E-state index contributed by atoms with van der Waals surface area (Å²) in [5.74, 6) is -4.25. The summed E-state index contributed by atoms with van der Waals surface area (Å²) >= 11 is 0. The van der Waals surface area contributed by atoms with Gasteiger partial charge in [-0.15, -0.1) is 0 Å². The Kier molecular flexibility index (Phi) is 19.0. The molecule has 0 spiro atoms. The van der Waals surface area contributed by atoms with Crippen LogP contribution in [-0.4, -0.2) is 141 Å². The van der Waals surface area contributed by atoms with Crippen LogP contribution in [0.15, 0.2) is 72.3 Å². The maximum Gasteiger partial charge on any atom is 0.469 e. The number of aryl methyl sites for hydroxylation is 2. The van der Waals surface area contributed by atoms with E-state index in [4.69, 9.17) is 15.6 Å². The molecular formula is C48H65N12O12P. The van der Waals surface area contributed by atoms with Crippen molar-refractivity contribution in [2.45, 2.75) is 115 Å². The van der Waals surface area contributed by atoms with E-state index in [1.165, 1.54) is 18.0 Å². The molecule has 1 aliphatic rings. The van der Waals surface area contributed by atoms with Crippen LogP contribution in [0.1, 0.15) is 77.6 Å². The van der Waals surface area contributed by atoms with Gasteiger partial charge in [-0.2, -0.15) is 0 Å². The minimum atomic E-state index is -5.14. The summed E-state index contributed by atoms with van der Waals surface area (Å²) in [6.45, 7) is 6.25. The molecule has 1 aliphatic heterocycles. The predicted octanol–water partition coefficient (Wildman–Crippen LogP) is 1.42. The molecule has 394 valence electrons. The molecule has 6 rings (SSSR count). The number of hydrogen-bond donors (Lipinski definition) is 8. The Morgan fingerprint density at radius 1 is 0.904 bits per heavy atom. The Balaban J connectivity index is 1.13. The van der Waals surface area contributed by atoms with Crippen LogP contribution in [0.3, 0.4) is 0 Å². The summed E-state index contributed by atoms with van der Waals surface area (Å²) in [5.41, 5.74) is 10.3. The highest BCUT2D eigenvalue weighted by Crippen LogP contribution is 2.38. The zero-order valence-corrected chi connectivity index (χ0v) is 42.3. The Labute approximate surface area is 421 Å². The number of aromatic nitrogens is 5. The fourth-order valence-corrected chi connectivity index (χ4v) is 9.39. The molecule has 1 saturated heterocycles. The van der Waals surface area contributed by atoms with Crippen molar-refractivity contribution in [1.29, 1.82) is 0 Å². The first kappa shape index (κ1) is 55.3. The molecule has 1 fully saturated rings. The molecule has 25 heteroatoms. The number of likely N-dealkylation sites (tertiary alicyclic amines) is 1. The lowest BCUT2D eigenvalue weighted by Crippen LogP contribution is -2.61. The average Bonchev–Trinajstić information content (AvgIpc) is 4.15. The van der Waals surface area contributed by atoms with Crippen molar-refractivity contribution >= 4 is 66.3 Å². The number of imidazole rings is 3. The monoisotopic (exact) mass is 1030 g/mol. The van der Waals surface area contributed by atoms with Crippen LogP contribution in [0.5, 0.6) is 0 Å². The summed E-state index contributed by atoms with van der Waals surface area (Å²) in [7, 11) is -3.17. The van der Waals surface area contributed by atoms with Gasteiger partial charge in [0.25, 0.3) is 0 Å². The van der Waals surface area contributed by atoms with Crippen LogP contribution in [0, 0.1) is 5.92 Å². The lowest BCUT2D eigenvalue weighted by Gasteiger charge is -2.28. The lowest BCUT2D eigenvalue weighted by molar-refractivity contribution is -0.139. The second kappa shape index (κ2) is 25.1. The van der Waals surface area contributed by atoms with Gasteiger partial charge in [0.2, 0.25) is 41.2 Å². The van der Waals surface area contributed by atoms with Gasteiger partial charge < -0.3 is 60.8 Å². The molecule has 5 aromatic rings. The summed E-state index contributed by atoms with van der Waals surface area (Å²) in [4.78, 5) is 115. The van der Waals surface area contributed by atoms with E-state index >= 15 is 0 Å². The van der Waals surface area contributed by atoms with Crippen LogP contribution in [-0.2, 0) is 62.7 Å². The molecular weight excluding hydrogens is 968 g/mol. The number of nitrogens with two attached hydrogens (primary N) is 1. The van der Waals surface area contributed by atoms with Gasteiger partial charge in [-0.3, -0.25) is 37.7 Å². The van der Waals surface area contributed by atoms with E-state index in [1.807, 2.05) is 80.1 Å². The smallest absolute Gasteiger partial charge is 0.396 e. The highest BCUT2D eigenvalue weighted by molar-refractivity contribution is 7.46. The topological polar surface area (TPSA) is 328 Å². The number of hydrogen-bond acceptors (Lipinski definition) is 13. The Morgan fingerprint density at radius 3 is 2.25 bits per heavy atom. The molecule has 9 N–H and O–H groups in total.